The van der Waals surface area contributed by atoms with Gasteiger partial charge in [-0.05, 0) is 6.42 Å². The Bertz CT molecular complexity index is 109. The smallest absolute Gasteiger partial charge is 0.309 e. The maximum atomic E-state index is 9.60. The number of urea groups is 1. The topological polar surface area (TPSA) is 106 Å². The van der Waals surface area contributed by atoms with Gasteiger partial charge in [-0.3, -0.25) is 4.79 Å². The predicted molar refractivity (Wildman–Crippen MR) is 36.3 cm³/mol. The molecular weight excluding hydrogens is 136 g/mol. The van der Waals surface area contributed by atoms with Gasteiger partial charge in [-0.1, -0.05) is 6.92 Å². The highest BCUT2D eigenvalue weighted by molar-refractivity contribution is 5.69. The third-order valence-corrected chi connectivity index (χ3v) is 0.464. The summed E-state index contributed by atoms with van der Waals surface area (Å²) in [5, 5.41) is 7.91. The van der Waals surface area contributed by atoms with Crippen molar-refractivity contribution in [1.29, 1.82) is 0 Å². The van der Waals surface area contributed by atoms with Gasteiger partial charge >= 0.3 is 12.0 Å². The van der Waals surface area contributed by atoms with E-state index in [-0.39, 0.29) is 0 Å². The molecule has 5 N–H and O–H groups in total. The fraction of sp³-hybridized carbons (Fsp3) is 0.600. The number of carbonyl (C=O) groups is 2. The largest absolute Gasteiger partial charge is 0.481 e. The first-order valence-electron chi connectivity index (χ1n) is 2.77. The number of nitrogens with two attached hydrogens (primary N) is 2. The molecule has 5 heteroatoms. The second-order valence-electron chi connectivity index (χ2n) is 1.55. The van der Waals surface area contributed by atoms with E-state index in [9.17, 15) is 4.79 Å². The molecule has 5 nitrogen and oxygen atoms in total. The highest BCUT2D eigenvalue weighted by atomic mass is 16.4. The summed E-state index contributed by atoms with van der Waals surface area (Å²) in [6, 6.07) is -0.833. The summed E-state index contributed by atoms with van der Waals surface area (Å²) in [5.41, 5.74) is 8.50. The van der Waals surface area contributed by atoms with Crippen molar-refractivity contribution in [2.75, 3.05) is 0 Å². The molecule has 0 aromatic heterocycles. The van der Waals surface area contributed by atoms with Crippen molar-refractivity contribution in [2.24, 2.45) is 11.5 Å². The molecule has 60 valence electrons. The van der Waals surface area contributed by atoms with E-state index >= 15 is 0 Å². The van der Waals surface area contributed by atoms with Crippen LogP contribution in [-0.4, -0.2) is 17.1 Å². The van der Waals surface area contributed by atoms with Crippen LogP contribution in [0.15, 0.2) is 0 Å². The number of aliphatic carboxylic acids is 1. The molecule has 0 saturated heterocycles. The normalized spacial score (nSPS) is 7.30. The van der Waals surface area contributed by atoms with E-state index in [2.05, 4.69) is 11.5 Å². The zero-order valence-electron chi connectivity index (χ0n) is 5.83. The predicted octanol–water partition coefficient (Wildman–Crippen LogP) is -0.105. The van der Waals surface area contributed by atoms with Gasteiger partial charge in [0.1, 0.15) is 0 Å². The number of primary amides is 2. The van der Waals surface area contributed by atoms with Crippen LogP contribution in [0.1, 0.15) is 19.8 Å². The lowest BCUT2D eigenvalue weighted by atomic mass is 10.4. The molecule has 0 unspecified atom stereocenters. The van der Waals surface area contributed by atoms with Crippen LogP contribution < -0.4 is 11.5 Å². The van der Waals surface area contributed by atoms with Crippen molar-refractivity contribution in [2.45, 2.75) is 19.8 Å². The molecule has 0 aromatic rings. The Kier molecular flexibility index (Phi) is 8.92. The average molecular weight is 148 g/mol. The highest BCUT2D eigenvalue weighted by Crippen LogP contribution is 1.82. The molecular formula is C5H12N2O3. The van der Waals surface area contributed by atoms with E-state index in [0.29, 0.717) is 6.42 Å². The molecule has 0 atom stereocenters. The van der Waals surface area contributed by atoms with E-state index in [1.165, 1.54) is 0 Å². The molecule has 0 aromatic carbocycles. The standard InChI is InChI=1S/C4H8O2.CH4N2O/c1-2-3-4(5)6;2-1(3)4/h2-3H2,1H3,(H,5,6);(H4,2,3,4). The van der Waals surface area contributed by atoms with Crippen molar-refractivity contribution in [3.05, 3.63) is 0 Å². The van der Waals surface area contributed by atoms with E-state index in [1.807, 2.05) is 6.92 Å². The third-order valence-electron chi connectivity index (χ3n) is 0.464. The van der Waals surface area contributed by atoms with Gasteiger partial charge in [-0.2, -0.15) is 0 Å². The number of carboxylic acids is 1. The fourth-order valence-electron chi connectivity index (χ4n) is 0.214. The van der Waals surface area contributed by atoms with E-state index in [4.69, 9.17) is 9.90 Å². The van der Waals surface area contributed by atoms with Crippen LogP contribution >= 0.6 is 0 Å². The summed E-state index contributed by atoms with van der Waals surface area (Å²) < 4.78 is 0. The van der Waals surface area contributed by atoms with Crippen LogP contribution in [0.4, 0.5) is 4.79 Å². The van der Waals surface area contributed by atoms with Crippen LogP contribution in [0, 0.1) is 0 Å². The zero-order chi connectivity index (χ0) is 8.57. The van der Waals surface area contributed by atoms with Crippen molar-refractivity contribution >= 4 is 12.0 Å². The summed E-state index contributed by atoms with van der Waals surface area (Å²) in [6.07, 6.45) is 1.02. The van der Waals surface area contributed by atoms with E-state index < -0.39 is 12.0 Å². The van der Waals surface area contributed by atoms with Crippen LogP contribution in [0.25, 0.3) is 0 Å². The molecule has 0 rings (SSSR count). The van der Waals surface area contributed by atoms with E-state index in [1.54, 1.807) is 0 Å². The fourth-order valence-corrected chi connectivity index (χ4v) is 0.214. The Labute approximate surface area is 59.0 Å². The number of carboxylic acid groups (broad SMARTS) is 1. The Balaban J connectivity index is 0. The molecule has 0 fully saturated rings. The quantitative estimate of drug-likeness (QED) is 0.508. The summed E-state index contributed by atoms with van der Waals surface area (Å²) in [5.74, 6) is -0.711. The number of amides is 2. The molecule has 10 heavy (non-hydrogen) atoms. The molecule has 0 heterocycles. The third kappa shape index (κ3) is 73.3. The van der Waals surface area contributed by atoms with Crippen molar-refractivity contribution in [3.8, 4) is 0 Å². The lowest BCUT2D eigenvalue weighted by molar-refractivity contribution is -0.137. The van der Waals surface area contributed by atoms with Crippen LogP contribution in [0.2, 0.25) is 0 Å². The summed E-state index contributed by atoms with van der Waals surface area (Å²) in [7, 11) is 0. The summed E-state index contributed by atoms with van der Waals surface area (Å²) in [6.45, 7) is 1.84. The lowest BCUT2D eigenvalue weighted by Gasteiger charge is -1.79. The SMILES string of the molecule is CCCC(=O)O.NC(N)=O. The summed E-state index contributed by atoms with van der Waals surface area (Å²) in [4.78, 5) is 18.6. The monoisotopic (exact) mass is 148 g/mol. The van der Waals surface area contributed by atoms with Crippen molar-refractivity contribution < 1.29 is 14.7 Å². The van der Waals surface area contributed by atoms with E-state index in [0.717, 1.165) is 6.42 Å². The maximum Gasteiger partial charge on any atom is 0.309 e. The van der Waals surface area contributed by atoms with Gasteiger partial charge in [0.15, 0.2) is 0 Å². The number of rotatable bonds is 2. The van der Waals surface area contributed by atoms with Gasteiger partial charge in [0, 0.05) is 6.42 Å². The number of hydrogen-bond acceptors (Lipinski definition) is 2. The van der Waals surface area contributed by atoms with Crippen LogP contribution in [0.5, 0.6) is 0 Å². The molecule has 0 aliphatic rings. The maximum absolute atomic E-state index is 9.60. The molecule has 0 saturated carbocycles. The van der Waals surface area contributed by atoms with Gasteiger partial charge in [0.2, 0.25) is 0 Å². The molecule has 0 spiro atoms. The van der Waals surface area contributed by atoms with Crippen molar-refractivity contribution in [3.63, 3.8) is 0 Å². The minimum Gasteiger partial charge on any atom is -0.481 e. The Morgan fingerprint density at radius 3 is 1.70 bits per heavy atom. The number of hydrogen-bond donors (Lipinski definition) is 3. The average Bonchev–Trinajstić information content (AvgIpc) is 1.62. The van der Waals surface area contributed by atoms with Crippen molar-refractivity contribution in [1.82, 2.24) is 0 Å². The Hall–Kier alpha value is -1.26. The molecule has 0 bridgehead atoms. The van der Waals surface area contributed by atoms with Gasteiger partial charge in [-0.15, -0.1) is 0 Å². The first-order valence-corrected chi connectivity index (χ1v) is 2.77. The molecule has 0 aliphatic heterocycles. The van der Waals surface area contributed by atoms with Gasteiger partial charge < -0.3 is 16.6 Å². The summed E-state index contributed by atoms with van der Waals surface area (Å²) >= 11 is 0. The van der Waals surface area contributed by atoms with Gasteiger partial charge in [0.05, 0.1) is 0 Å². The molecule has 0 radical (unpaired) electrons. The molecule has 0 aliphatic carbocycles. The Morgan fingerprint density at radius 1 is 1.40 bits per heavy atom. The highest BCUT2D eigenvalue weighted by Gasteiger charge is 1.87. The first-order chi connectivity index (χ1) is 4.50. The minimum atomic E-state index is -0.833. The van der Waals surface area contributed by atoms with Gasteiger partial charge in [0.25, 0.3) is 0 Å². The first kappa shape index (κ1) is 11.5. The second kappa shape index (κ2) is 7.74. The van der Waals surface area contributed by atoms with Gasteiger partial charge in [-0.25, -0.2) is 4.79 Å². The molecule has 2 amide bonds. The lowest BCUT2D eigenvalue weighted by Crippen LogP contribution is -2.18. The van der Waals surface area contributed by atoms with Crippen LogP contribution in [0.3, 0.4) is 0 Å². The van der Waals surface area contributed by atoms with Crippen LogP contribution in [-0.2, 0) is 4.79 Å². The second-order valence-corrected chi connectivity index (χ2v) is 1.55. The zero-order valence-corrected chi connectivity index (χ0v) is 5.83. The minimum absolute atomic E-state index is 0.292. The number of carbonyl (C=O) groups excluding carboxylic acids is 1. The Morgan fingerprint density at radius 2 is 1.70 bits per heavy atom.